The molecule has 0 nitrogen and oxygen atoms in total. The Labute approximate surface area is 177 Å². The summed E-state index contributed by atoms with van der Waals surface area (Å²) in [6, 6.07) is 39.6. The first kappa shape index (κ1) is 19.2. The van der Waals surface area contributed by atoms with Gasteiger partial charge in [0.15, 0.2) is 0 Å². The number of benzene rings is 4. The Kier molecular flexibility index (Phi) is 5.83. The molecule has 0 aliphatic heterocycles. The standard InChI is InChI=1S/C25H19Cl2P/c26-28(27)25(21-14-6-2-7-15-21,22-16-8-3-9-17-22)24-19-11-10-18-23(24)20-12-4-1-5-13-20/h1-19H. The first-order chi connectivity index (χ1) is 13.7. The van der Waals surface area contributed by atoms with Crippen LogP contribution in [0, 0.1) is 0 Å². The molecular formula is C25H19Cl2P. The number of halogens is 2. The fourth-order valence-electron chi connectivity index (χ4n) is 3.79. The third-order valence-corrected chi connectivity index (χ3v) is 7.82. The van der Waals surface area contributed by atoms with Gasteiger partial charge >= 0.3 is 0 Å². The maximum Gasteiger partial charge on any atom is 0.105 e. The van der Waals surface area contributed by atoms with Crippen molar-refractivity contribution in [3.63, 3.8) is 0 Å². The van der Waals surface area contributed by atoms with E-state index in [2.05, 4.69) is 72.8 Å². The second kappa shape index (κ2) is 8.50. The van der Waals surface area contributed by atoms with Gasteiger partial charge < -0.3 is 0 Å². The maximum atomic E-state index is 6.89. The van der Waals surface area contributed by atoms with Gasteiger partial charge in [0.2, 0.25) is 0 Å². The predicted octanol–water partition coefficient (Wildman–Crippen LogP) is 8.44. The number of rotatable bonds is 5. The summed E-state index contributed by atoms with van der Waals surface area (Å²) in [4.78, 5) is 0. The quantitative estimate of drug-likeness (QED) is 0.224. The lowest BCUT2D eigenvalue weighted by molar-refractivity contribution is 0.893. The summed E-state index contributed by atoms with van der Waals surface area (Å²) in [6.45, 7) is -1.44. The zero-order valence-electron chi connectivity index (χ0n) is 15.2. The Morgan fingerprint density at radius 3 is 1.43 bits per heavy atom. The highest BCUT2D eigenvalue weighted by molar-refractivity contribution is 8.04. The Morgan fingerprint density at radius 2 is 0.929 bits per heavy atom. The van der Waals surface area contributed by atoms with E-state index >= 15 is 0 Å². The van der Waals surface area contributed by atoms with E-state index in [1.54, 1.807) is 0 Å². The van der Waals surface area contributed by atoms with E-state index in [4.69, 9.17) is 22.5 Å². The van der Waals surface area contributed by atoms with Crippen molar-refractivity contribution in [3.8, 4) is 11.1 Å². The van der Waals surface area contributed by atoms with Crippen molar-refractivity contribution in [1.82, 2.24) is 0 Å². The molecule has 138 valence electrons. The highest BCUT2D eigenvalue weighted by Crippen LogP contribution is 2.70. The monoisotopic (exact) mass is 420 g/mol. The van der Waals surface area contributed by atoms with Gasteiger partial charge in [0.1, 0.15) is 6.63 Å². The molecular weight excluding hydrogens is 402 g/mol. The van der Waals surface area contributed by atoms with Gasteiger partial charge in [-0.1, -0.05) is 138 Å². The number of hydrogen-bond donors (Lipinski definition) is 0. The first-order valence-corrected chi connectivity index (χ1v) is 12.3. The third kappa shape index (κ3) is 3.38. The van der Waals surface area contributed by atoms with Crippen molar-refractivity contribution in [3.05, 3.63) is 132 Å². The summed E-state index contributed by atoms with van der Waals surface area (Å²) in [6.07, 6.45) is 0. The highest BCUT2D eigenvalue weighted by Gasteiger charge is 2.44. The van der Waals surface area contributed by atoms with E-state index in [0.29, 0.717) is 0 Å². The van der Waals surface area contributed by atoms with Gasteiger partial charge in [-0.25, -0.2) is 0 Å². The van der Waals surface area contributed by atoms with Crippen LogP contribution in [0.15, 0.2) is 115 Å². The molecule has 0 aliphatic carbocycles. The summed E-state index contributed by atoms with van der Waals surface area (Å²) < 4.78 is 0. The van der Waals surface area contributed by atoms with Crippen LogP contribution in [-0.2, 0) is 5.16 Å². The van der Waals surface area contributed by atoms with Gasteiger partial charge in [0.05, 0.1) is 5.16 Å². The van der Waals surface area contributed by atoms with Gasteiger partial charge in [-0.05, 0) is 27.8 Å². The fraction of sp³-hybridized carbons (Fsp3) is 0.0400. The fourth-order valence-corrected chi connectivity index (χ4v) is 6.57. The second-order valence-corrected chi connectivity index (χ2v) is 10.3. The molecule has 0 radical (unpaired) electrons. The van der Waals surface area contributed by atoms with E-state index in [-0.39, 0.29) is 0 Å². The van der Waals surface area contributed by atoms with Crippen molar-refractivity contribution in [2.45, 2.75) is 5.16 Å². The zero-order chi connectivity index (χ0) is 19.4. The van der Waals surface area contributed by atoms with Crippen LogP contribution in [0.4, 0.5) is 0 Å². The van der Waals surface area contributed by atoms with Crippen molar-refractivity contribution in [1.29, 1.82) is 0 Å². The lowest BCUT2D eigenvalue weighted by atomic mass is 9.80. The van der Waals surface area contributed by atoms with Crippen molar-refractivity contribution in [2.75, 3.05) is 0 Å². The molecule has 0 heterocycles. The van der Waals surface area contributed by atoms with E-state index in [1.165, 1.54) is 0 Å². The first-order valence-electron chi connectivity index (χ1n) is 9.12. The molecule has 4 rings (SSSR count). The third-order valence-electron chi connectivity index (χ3n) is 5.04. The van der Waals surface area contributed by atoms with E-state index in [1.807, 2.05) is 42.5 Å². The molecule has 0 bridgehead atoms. The minimum Gasteiger partial charge on any atom is -0.0764 e. The highest BCUT2D eigenvalue weighted by atomic mass is 35.9. The van der Waals surface area contributed by atoms with Crippen molar-refractivity contribution >= 4 is 29.1 Å². The lowest BCUT2D eigenvalue weighted by Gasteiger charge is -2.38. The molecule has 0 N–H and O–H groups in total. The molecule has 0 saturated heterocycles. The molecule has 0 amide bonds. The summed E-state index contributed by atoms with van der Waals surface area (Å²) in [5.74, 6) is 0. The van der Waals surface area contributed by atoms with Crippen LogP contribution < -0.4 is 0 Å². The van der Waals surface area contributed by atoms with E-state index in [0.717, 1.165) is 27.8 Å². The van der Waals surface area contributed by atoms with Crippen LogP contribution in [0.5, 0.6) is 0 Å². The topological polar surface area (TPSA) is 0 Å². The van der Waals surface area contributed by atoms with Crippen molar-refractivity contribution < 1.29 is 0 Å². The smallest absolute Gasteiger partial charge is 0.0764 e. The molecule has 0 saturated carbocycles. The molecule has 0 aliphatic rings. The summed E-state index contributed by atoms with van der Waals surface area (Å²) >= 11 is 13.8. The molecule has 0 aromatic heterocycles. The summed E-state index contributed by atoms with van der Waals surface area (Å²) in [7, 11) is 0. The predicted molar refractivity (Wildman–Crippen MR) is 123 cm³/mol. The Bertz CT molecular complexity index is 992. The average Bonchev–Trinajstić information content (AvgIpc) is 2.77. The van der Waals surface area contributed by atoms with Crippen molar-refractivity contribution in [2.24, 2.45) is 0 Å². The van der Waals surface area contributed by atoms with Gasteiger partial charge in [0, 0.05) is 0 Å². The minimum atomic E-state index is -1.44. The molecule has 0 spiro atoms. The minimum absolute atomic E-state index is 0.632. The van der Waals surface area contributed by atoms with Crippen LogP contribution >= 0.6 is 29.1 Å². The van der Waals surface area contributed by atoms with Gasteiger partial charge in [0.25, 0.3) is 0 Å². The largest absolute Gasteiger partial charge is 0.105 e. The average molecular weight is 421 g/mol. The Balaban J connectivity index is 2.09. The molecule has 3 heteroatoms. The molecule has 4 aromatic rings. The Morgan fingerprint density at radius 1 is 0.500 bits per heavy atom. The molecule has 0 fully saturated rings. The van der Waals surface area contributed by atoms with Crippen LogP contribution in [0.1, 0.15) is 16.7 Å². The van der Waals surface area contributed by atoms with Crippen LogP contribution in [-0.4, -0.2) is 0 Å². The summed E-state index contributed by atoms with van der Waals surface area (Å²) in [5, 5.41) is -0.632. The SMILES string of the molecule is ClP(Cl)C(c1ccccc1)(c1ccccc1)c1ccccc1-c1ccccc1. The molecule has 0 atom stereocenters. The van der Waals surface area contributed by atoms with Gasteiger partial charge in [-0.2, -0.15) is 0 Å². The van der Waals surface area contributed by atoms with Crippen LogP contribution in [0.2, 0.25) is 0 Å². The summed E-state index contributed by atoms with van der Waals surface area (Å²) in [5.41, 5.74) is 5.61. The zero-order valence-corrected chi connectivity index (χ0v) is 17.6. The normalized spacial score (nSPS) is 11.5. The van der Waals surface area contributed by atoms with Gasteiger partial charge in [-0.3, -0.25) is 0 Å². The van der Waals surface area contributed by atoms with Crippen LogP contribution in [0.25, 0.3) is 11.1 Å². The maximum absolute atomic E-state index is 6.89. The van der Waals surface area contributed by atoms with E-state index < -0.39 is 11.8 Å². The number of hydrogen-bond acceptors (Lipinski definition) is 0. The van der Waals surface area contributed by atoms with Crippen LogP contribution in [0.3, 0.4) is 0 Å². The second-order valence-electron chi connectivity index (χ2n) is 6.59. The van der Waals surface area contributed by atoms with E-state index in [9.17, 15) is 0 Å². The van der Waals surface area contributed by atoms with Gasteiger partial charge in [-0.15, -0.1) is 0 Å². The molecule has 4 aromatic carbocycles. The lowest BCUT2D eigenvalue weighted by Crippen LogP contribution is -2.25. The molecule has 28 heavy (non-hydrogen) atoms. The molecule has 0 unspecified atom stereocenters. The Hall–Kier alpha value is -2.11.